The molecule has 1 aromatic carbocycles. The number of amides is 1. The molecule has 1 amide bonds. The maximum absolute atomic E-state index is 13.0. The molecule has 1 fully saturated rings. The molecule has 0 saturated carbocycles. The summed E-state index contributed by atoms with van der Waals surface area (Å²) in [5, 5.41) is 0. The molecule has 1 aromatic rings. The third kappa shape index (κ3) is 3.79. The molecule has 1 atom stereocenters. The molecular weight excluding hydrogens is 408 g/mol. The van der Waals surface area contributed by atoms with Gasteiger partial charge in [-0.25, -0.2) is 12.8 Å². The normalized spacial score (nSPS) is 20.1. The summed E-state index contributed by atoms with van der Waals surface area (Å²) in [6.45, 7) is 0.284. The second-order valence-electron chi connectivity index (χ2n) is 4.38. The first-order chi connectivity index (χ1) is 8.76. The van der Waals surface area contributed by atoms with Crippen LogP contribution in [0.25, 0.3) is 0 Å². The van der Waals surface area contributed by atoms with Crippen LogP contribution in [0.2, 0.25) is 0 Å². The molecule has 2 rings (SSSR count). The second kappa shape index (κ2) is 5.53. The zero-order chi connectivity index (χ0) is 14.2. The van der Waals surface area contributed by atoms with Crippen LogP contribution in [0.5, 0.6) is 0 Å². The van der Waals surface area contributed by atoms with Crippen molar-refractivity contribution in [2.45, 2.75) is 6.42 Å². The average Bonchev–Trinajstić information content (AvgIpc) is 2.56. The molecule has 4 nitrogen and oxygen atoms in total. The molecule has 104 valence electrons. The fourth-order valence-electron chi connectivity index (χ4n) is 2.11. The van der Waals surface area contributed by atoms with E-state index in [2.05, 4.69) is 0 Å². The molecule has 8 heteroatoms. The Morgan fingerprint density at radius 2 is 2.16 bits per heavy atom. The molecule has 1 aliphatic heterocycles. The van der Waals surface area contributed by atoms with Gasteiger partial charge >= 0.3 is 0 Å². The van der Waals surface area contributed by atoms with Crippen LogP contribution < -0.4 is 4.90 Å². The number of anilines is 1. The summed E-state index contributed by atoms with van der Waals surface area (Å²) in [5.41, 5.74) is 0.599. The van der Waals surface area contributed by atoms with Crippen LogP contribution in [0.15, 0.2) is 18.2 Å². The first-order valence-electron chi connectivity index (χ1n) is 5.44. The lowest BCUT2D eigenvalue weighted by molar-refractivity contribution is -0.117. The van der Waals surface area contributed by atoms with E-state index >= 15 is 0 Å². The molecule has 0 aromatic heterocycles. The van der Waals surface area contributed by atoms with Gasteiger partial charge in [0.15, 0.2) is 0 Å². The predicted molar refractivity (Wildman–Crippen MR) is 79.2 cm³/mol. The van der Waals surface area contributed by atoms with Gasteiger partial charge in [0.25, 0.3) is 0 Å². The van der Waals surface area contributed by atoms with E-state index in [1.165, 1.54) is 23.1 Å². The standard InChI is InChI=1S/C11H10ClFINO3S/c12-19(17,18)6-7-3-11(16)15(5-7)10-2-1-8(13)4-9(10)14/h1-2,4,7H,3,5-6H2. The maximum atomic E-state index is 13.0. The van der Waals surface area contributed by atoms with Crippen LogP contribution in [0.1, 0.15) is 6.42 Å². The molecule has 1 saturated heterocycles. The van der Waals surface area contributed by atoms with Crippen LogP contribution in [-0.2, 0) is 13.8 Å². The summed E-state index contributed by atoms with van der Waals surface area (Å²) in [5.74, 6) is -1.10. The summed E-state index contributed by atoms with van der Waals surface area (Å²) in [4.78, 5) is 13.4. The van der Waals surface area contributed by atoms with Crippen molar-refractivity contribution in [3.8, 4) is 0 Å². The Hall–Kier alpha value is -0.410. The van der Waals surface area contributed by atoms with Gasteiger partial charge in [-0.15, -0.1) is 0 Å². The van der Waals surface area contributed by atoms with Gasteiger partial charge in [-0.3, -0.25) is 4.79 Å². The van der Waals surface area contributed by atoms with Crippen molar-refractivity contribution >= 4 is 53.9 Å². The zero-order valence-corrected chi connectivity index (χ0v) is 13.4. The van der Waals surface area contributed by atoms with Gasteiger partial charge in [0.05, 0.1) is 11.4 Å². The molecule has 0 N–H and O–H groups in total. The van der Waals surface area contributed by atoms with Gasteiger partial charge in [0, 0.05) is 33.1 Å². The Kier molecular flexibility index (Phi) is 4.36. The van der Waals surface area contributed by atoms with Gasteiger partial charge in [0.1, 0.15) is 5.82 Å². The van der Waals surface area contributed by atoms with Crippen molar-refractivity contribution in [2.24, 2.45) is 5.92 Å². The number of carbonyl (C=O) groups excluding carboxylic acids is 1. The topological polar surface area (TPSA) is 54.5 Å². The van der Waals surface area contributed by atoms with E-state index in [0.717, 1.165) is 0 Å². The fraction of sp³-hybridized carbons (Fsp3) is 0.364. The summed E-state index contributed by atoms with van der Waals surface area (Å²) in [6, 6.07) is 4.12. The predicted octanol–water partition coefficient (Wildman–Crippen LogP) is 2.35. The molecule has 0 aliphatic carbocycles. The van der Waals surface area contributed by atoms with Gasteiger partial charge in [0.2, 0.25) is 15.0 Å². The fourth-order valence-corrected chi connectivity index (χ4v) is 4.20. The SMILES string of the molecule is O=C1CC(CS(=O)(=O)Cl)CN1c1ccc(F)cc1I. The maximum Gasteiger partial charge on any atom is 0.232 e. The Morgan fingerprint density at radius 3 is 2.74 bits per heavy atom. The molecule has 1 heterocycles. The highest BCUT2D eigenvalue weighted by Crippen LogP contribution is 2.30. The highest BCUT2D eigenvalue weighted by molar-refractivity contribution is 14.1. The summed E-state index contributed by atoms with van der Waals surface area (Å²) >= 11 is 1.94. The minimum Gasteiger partial charge on any atom is -0.311 e. The minimum absolute atomic E-state index is 0.138. The number of nitrogens with zero attached hydrogens (tertiary/aromatic N) is 1. The highest BCUT2D eigenvalue weighted by Gasteiger charge is 2.33. The Bertz CT molecular complexity index is 622. The van der Waals surface area contributed by atoms with E-state index in [1.54, 1.807) is 0 Å². The van der Waals surface area contributed by atoms with E-state index in [9.17, 15) is 17.6 Å². The van der Waals surface area contributed by atoms with Crippen LogP contribution in [-0.4, -0.2) is 26.6 Å². The van der Waals surface area contributed by atoms with Gasteiger partial charge in [-0.2, -0.15) is 0 Å². The lowest BCUT2D eigenvalue weighted by Crippen LogP contribution is -2.26. The van der Waals surface area contributed by atoms with E-state index in [-0.39, 0.29) is 36.4 Å². The third-order valence-electron chi connectivity index (χ3n) is 2.84. The van der Waals surface area contributed by atoms with Crippen molar-refractivity contribution in [3.63, 3.8) is 0 Å². The van der Waals surface area contributed by atoms with Gasteiger partial charge in [-0.1, -0.05) is 0 Å². The summed E-state index contributed by atoms with van der Waals surface area (Å²) < 4.78 is 35.7. The average molecular weight is 418 g/mol. The number of rotatable bonds is 3. The van der Waals surface area contributed by atoms with E-state index in [1.807, 2.05) is 22.6 Å². The van der Waals surface area contributed by atoms with Crippen molar-refractivity contribution in [2.75, 3.05) is 17.2 Å². The first-order valence-corrected chi connectivity index (χ1v) is 9.00. The van der Waals surface area contributed by atoms with Crippen LogP contribution in [0.3, 0.4) is 0 Å². The minimum atomic E-state index is -3.62. The first kappa shape index (κ1) is 15.0. The molecular formula is C11H10ClFINO3S. The molecule has 0 spiro atoms. The van der Waals surface area contributed by atoms with Crippen molar-refractivity contribution in [1.82, 2.24) is 0 Å². The number of halogens is 3. The lowest BCUT2D eigenvalue weighted by atomic mass is 10.1. The number of benzene rings is 1. The van der Waals surface area contributed by atoms with Crippen molar-refractivity contribution in [3.05, 3.63) is 27.6 Å². The van der Waals surface area contributed by atoms with Crippen LogP contribution in [0.4, 0.5) is 10.1 Å². The van der Waals surface area contributed by atoms with Gasteiger partial charge < -0.3 is 4.90 Å². The van der Waals surface area contributed by atoms with Crippen molar-refractivity contribution < 1.29 is 17.6 Å². The number of carbonyl (C=O) groups is 1. The number of hydrogen-bond acceptors (Lipinski definition) is 3. The molecule has 1 unspecified atom stereocenters. The van der Waals surface area contributed by atoms with E-state index < -0.39 is 9.05 Å². The Morgan fingerprint density at radius 1 is 1.47 bits per heavy atom. The van der Waals surface area contributed by atoms with Crippen LogP contribution >= 0.6 is 33.3 Å². The largest absolute Gasteiger partial charge is 0.311 e. The zero-order valence-electron chi connectivity index (χ0n) is 9.64. The molecule has 0 bridgehead atoms. The monoisotopic (exact) mass is 417 g/mol. The lowest BCUT2D eigenvalue weighted by Gasteiger charge is -2.18. The number of hydrogen-bond donors (Lipinski definition) is 0. The third-order valence-corrected chi connectivity index (χ3v) is 4.95. The highest BCUT2D eigenvalue weighted by atomic mass is 127. The van der Waals surface area contributed by atoms with E-state index in [4.69, 9.17) is 10.7 Å². The van der Waals surface area contributed by atoms with Crippen LogP contribution in [0, 0.1) is 15.3 Å². The molecule has 0 radical (unpaired) electrons. The smallest absolute Gasteiger partial charge is 0.232 e. The molecule has 19 heavy (non-hydrogen) atoms. The Labute approximate surface area is 128 Å². The molecule has 1 aliphatic rings. The van der Waals surface area contributed by atoms with Crippen molar-refractivity contribution in [1.29, 1.82) is 0 Å². The second-order valence-corrected chi connectivity index (χ2v) is 8.36. The summed E-state index contributed by atoms with van der Waals surface area (Å²) in [7, 11) is 1.58. The van der Waals surface area contributed by atoms with Gasteiger partial charge in [-0.05, 0) is 40.8 Å². The summed E-state index contributed by atoms with van der Waals surface area (Å²) in [6.07, 6.45) is 0.138. The quantitative estimate of drug-likeness (QED) is 0.560. The van der Waals surface area contributed by atoms with E-state index in [0.29, 0.717) is 9.26 Å². The Balaban J connectivity index is 2.20.